The van der Waals surface area contributed by atoms with Crippen molar-refractivity contribution in [3.63, 3.8) is 0 Å². The predicted molar refractivity (Wildman–Crippen MR) is 61.8 cm³/mol. The van der Waals surface area contributed by atoms with Crippen molar-refractivity contribution >= 4 is 24.3 Å². The fraction of sp³-hybridized carbons (Fsp3) is 0.400. The highest BCUT2D eigenvalue weighted by atomic mass is 32.2. The molecule has 0 bridgehead atoms. The first-order valence-corrected chi connectivity index (χ1v) is 5.67. The van der Waals surface area contributed by atoms with Gasteiger partial charge >= 0.3 is 7.12 Å². The van der Waals surface area contributed by atoms with Crippen molar-refractivity contribution in [2.45, 2.75) is 18.7 Å². The molecule has 0 fully saturated rings. The summed E-state index contributed by atoms with van der Waals surface area (Å²) in [4.78, 5) is 1.17. The van der Waals surface area contributed by atoms with Gasteiger partial charge in [0, 0.05) is 10.6 Å². The Balaban J connectivity index is 2.55. The fourth-order valence-electron chi connectivity index (χ4n) is 0.999. The van der Waals surface area contributed by atoms with Crippen LogP contribution in [-0.4, -0.2) is 22.9 Å². The van der Waals surface area contributed by atoms with E-state index in [4.69, 9.17) is 10.0 Å². The monoisotopic (exact) mass is 210 g/mol. The van der Waals surface area contributed by atoms with Crippen LogP contribution in [-0.2, 0) is 0 Å². The van der Waals surface area contributed by atoms with Crippen LogP contribution < -0.4 is 5.46 Å². The van der Waals surface area contributed by atoms with Gasteiger partial charge in [0.1, 0.15) is 0 Å². The summed E-state index contributed by atoms with van der Waals surface area (Å²) in [5, 5.41) is 17.8. The summed E-state index contributed by atoms with van der Waals surface area (Å²) in [6.07, 6.45) is 0. The molecule has 2 N–H and O–H groups in total. The van der Waals surface area contributed by atoms with E-state index in [1.807, 2.05) is 12.1 Å². The van der Waals surface area contributed by atoms with Gasteiger partial charge < -0.3 is 10.0 Å². The lowest BCUT2D eigenvalue weighted by Crippen LogP contribution is -2.29. The van der Waals surface area contributed by atoms with Crippen molar-refractivity contribution in [2.75, 3.05) is 5.75 Å². The summed E-state index contributed by atoms with van der Waals surface area (Å²) >= 11 is 1.79. The van der Waals surface area contributed by atoms with Crippen LogP contribution in [0, 0.1) is 5.92 Å². The number of hydrogen-bond acceptors (Lipinski definition) is 3. The Morgan fingerprint density at radius 2 is 1.79 bits per heavy atom. The molecular formula is C10H15BO2S. The number of thioether (sulfide) groups is 1. The molecule has 1 aromatic carbocycles. The highest BCUT2D eigenvalue weighted by Gasteiger charge is 2.09. The van der Waals surface area contributed by atoms with Gasteiger partial charge in [-0.05, 0) is 23.5 Å². The summed E-state index contributed by atoms with van der Waals surface area (Å²) in [6, 6.07) is 7.32. The zero-order chi connectivity index (χ0) is 10.6. The van der Waals surface area contributed by atoms with E-state index in [1.165, 1.54) is 4.90 Å². The number of hydrogen-bond donors (Lipinski definition) is 2. The van der Waals surface area contributed by atoms with E-state index >= 15 is 0 Å². The van der Waals surface area contributed by atoms with Gasteiger partial charge in [0.15, 0.2) is 0 Å². The third-order valence-electron chi connectivity index (χ3n) is 1.76. The smallest absolute Gasteiger partial charge is 0.423 e. The minimum Gasteiger partial charge on any atom is -0.423 e. The van der Waals surface area contributed by atoms with Crippen LogP contribution in [0.1, 0.15) is 13.8 Å². The van der Waals surface area contributed by atoms with Crippen LogP contribution in [0.5, 0.6) is 0 Å². The second-order valence-electron chi connectivity index (χ2n) is 3.65. The molecule has 0 heterocycles. The Hall–Kier alpha value is -0.445. The zero-order valence-corrected chi connectivity index (χ0v) is 9.29. The van der Waals surface area contributed by atoms with Crippen LogP contribution in [0.4, 0.5) is 0 Å². The van der Waals surface area contributed by atoms with E-state index < -0.39 is 7.12 Å². The highest BCUT2D eigenvalue weighted by Crippen LogP contribution is 2.19. The van der Waals surface area contributed by atoms with Gasteiger partial charge in [-0.15, -0.1) is 11.8 Å². The molecular weight excluding hydrogens is 195 g/mol. The first-order valence-electron chi connectivity index (χ1n) is 4.68. The zero-order valence-electron chi connectivity index (χ0n) is 8.47. The molecule has 76 valence electrons. The molecule has 0 saturated heterocycles. The van der Waals surface area contributed by atoms with Crippen molar-refractivity contribution in [2.24, 2.45) is 5.92 Å². The van der Waals surface area contributed by atoms with E-state index in [2.05, 4.69) is 13.8 Å². The molecule has 1 rings (SSSR count). The molecule has 0 amide bonds. The molecule has 0 atom stereocenters. The van der Waals surface area contributed by atoms with Gasteiger partial charge in [0.25, 0.3) is 0 Å². The second-order valence-corrected chi connectivity index (χ2v) is 4.74. The van der Waals surface area contributed by atoms with Crippen molar-refractivity contribution in [1.82, 2.24) is 0 Å². The topological polar surface area (TPSA) is 40.5 Å². The summed E-state index contributed by atoms with van der Waals surface area (Å²) in [5.74, 6) is 1.75. The van der Waals surface area contributed by atoms with E-state index in [1.54, 1.807) is 23.9 Å². The maximum absolute atomic E-state index is 8.88. The second kappa shape index (κ2) is 5.44. The van der Waals surface area contributed by atoms with E-state index in [-0.39, 0.29) is 0 Å². The van der Waals surface area contributed by atoms with E-state index in [9.17, 15) is 0 Å². The molecule has 0 spiro atoms. The molecule has 0 aromatic heterocycles. The molecule has 4 heteroatoms. The Labute approximate surface area is 89.5 Å². The summed E-state index contributed by atoms with van der Waals surface area (Å²) in [6.45, 7) is 4.36. The third-order valence-corrected chi connectivity index (χ3v) is 3.20. The van der Waals surface area contributed by atoms with Gasteiger partial charge in [-0.3, -0.25) is 0 Å². The Kier molecular flexibility index (Phi) is 4.52. The first-order chi connectivity index (χ1) is 6.59. The molecule has 0 saturated carbocycles. The van der Waals surface area contributed by atoms with Gasteiger partial charge in [-0.2, -0.15) is 0 Å². The quantitative estimate of drug-likeness (QED) is 0.577. The fourth-order valence-corrected chi connectivity index (χ4v) is 1.85. The van der Waals surface area contributed by atoms with Crippen LogP contribution in [0.2, 0.25) is 0 Å². The molecule has 14 heavy (non-hydrogen) atoms. The van der Waals surface area contributed by atoms with Crippen molar-refractivity contribution in [1.29, 1.82) is 0 Å². The average Bonchev–Trinajstić information content (AvgIpc) is 2.15. The molecule has 0 unspecified atom stereocenters. The molecule has 0 aliphatic carbocycles. The lowest BCUT2D eigenvalue weighted by atomic mass is 9.81. The third kappa shape index (κ3) is 3.74. The molecule has 1 aromatic rings. The Morgan fingerprint density at radius 1 is 1.21 bits per heavy atom. The van der Waals surface area contributed by atoms with Gasteiger partial charge in [-0.25, -0.2) is 0 Å². The number of rotatable bonds is 4. The summed E-state index contributed by atoms with van der Waals surface area (Å²) < 4.78 is 0. The van der Waals surface area contributed by atoms with Crippen molar-refractivity contribution in [3.05, 3.63) is 24.3 Å². The Morgan fingerprint density at radius 3 is 2.21 bits per heavy atom. The van der Waals surface area contributed by atoms with Crippen LogP contribution in [0.25, 0.3) is 0 Å². The minimum atomic E-state index is -1.36. The standard InChI is InChI=1S/C10H15BO2S/c1-8(2)7-14-10-5-3-9(4-6-10)11(12)13/h3-6,8,12-13H,7H2,1-2H3. The minimum absolute atomic E-state index is 0.541. The molecule has 2 nitrogen and oxygen atoms in total. The molecule has 0 aliphatic heterocycles. The normalized spacial score (nSPS) is 10.6. The van der Waals surface area contributed by atoms with E-state index in [0.717, 1.165) is 5.75 Å². The SMILES string of the molecule is CC(C)CSc1ccc(B(O)O)cc1. The van der Waals surface area contributed by atoms with E-state index in [0.29, 0.717) is 11.4 Å². The summed E-state index contributed by atoms with van der Waals surface area (Å²) in [7, 11) is -1.36. The lowest BCUT2D eigenvalue weighted by Gasteiger charge is -2.05. The molecule has 0 radical (unpaired) electrons. The maximum atomic E-state index is 8.88. The highest BCUT2D eigenvalue weighted by molar-refractivity contribution is 7.99. The predicted octanol–water partition coefficient (Wildman–Crippen LogP) is 1.11. The van der Waals surface area contributed by atoms with Crippen molar-refractivity contribution < 1.29 is 10.0 Å². The summed E-state index contributed by atoms with van der Waals surface area (Å²) in [5.41, 5.74) is 0.541. The van der Waals surface area contributed by atoms with Crippen LogP contribution >= 0.6 is 11.8 Å². The van der Waals surface area contributed by atoms with Gasteiger partial charge in [0.05, 0.1) is 0 Å². The van der Waals surface area contributed by atoms with Gasteiger partial charge in [-0.1, -0.05) is 26.0 Å². The largest absolute Gasteiger partial charge is 0.488 e. The maximum Gasteiger partial charge on any atom is 0.488 e. The Bertz CT molecular complexity index is 272. The lowest BCUT2D eigenvalue weighted by molar-refractivity contribution is 0.426. The number of benzene rings is 1. The van der Waals surface area contributed by atoms with Gasteiger partial charge in [0.2, 0.25) is 0 Å². The van der Waals surface area contributed by atoms with Crippen LogP contribution in [0.3, 0.4) is 0 Å². The van der Waals surface area contributed by atoms with Crippen LogP contribution in [0.15, 0.2) is 29.2 Å². The van der Waals surface area contributed by atoms with Crippen molar-refractivity contribution in [3.8, 4) is 0 Å². The molecule has 0 aliphatic rings. The average molecular weight is 210 g/mol. The first kappa shape index (κ1) is 11.6.